The lowest BCUT2D eigenvalue weighted by Gasteiger charge is -2.50. The van der Waals surface area contributed by atoms with Crippen LogP contribution in [-0.2, 0) is 20.8 Å². The summed E-state index contributed by atoms with van der Waals surface area (Å²) < 4.78 is 0. The van der Waals surface area contributed by atoms with Crippen LogP contribution in [0.4, 0.5) is 5.69 Å². The minimum atomic E-state index is -1.18. The molecule has 3 amide bonds. The van der Waals surface area contributed by atoms with Gasteiger partial charge in [0.2, 0.25) is 11.8 Å². The Morgan fingerprint density at radius 1 is 1.00 bits per heavy atom. The van der Waals surface area contributed by atoms with E-state index in [0.717, 1.165) is 51.9 Å². The molecule has 1 aliphatic carbocycles. The number of carbonyl (C=O) groups is 4. The number of fused-ring (bicyclic) bond motifs is 3. The monoisotopic (exact) mass is 630 g/mol. The average molecular weight is 632 g/mol. The molecule has 0 spiro atoms. The van der Waals surface area contributed by atoms with E-state index in [-0.39, 0.29) is 39.9 Å². The molecule has 1 saturated carbocycles. The Kier molecular flexibility index (Phi) is 10.2. The number of hydrogen-bond acceptors (Lipinski definition) is 7. The Morgan fingerprint density at radius 2 is 1.65 bits per heavy atom. The molecular formula is C30H36Cl2N6O5. The highest BCUT2D eigenvalue weighted by Crippen LogP contribution is 2.40. The lowest BCUT2D eigenvalue weighted by Crippen LogP contribution is -2.64. The zero-order valence-electron chi connectivity index (χ0n) is 23.7. The molecule has 2 unspecified atom stereocenters. The molecule has 4 aliphatic rings. The number of aliphatic carboxylic acids is 1. The summed E-state index contributed by atoms with van der Waals surface area (Å²) in [6.07, 6.45) is 6.49. The molecule has 4 heterocycles. The molecule has 3 saturated heterocycles. The van der Waals surface area contributed by atoms with Crippen LogP contribution in [0.5, 0.6) is 0 Å². The highest BCUT2D eigenvalue weighted by molar-refractivity contribution is 6.40. The van der Waals surface area contributed by atoms with Crippen molar-refractivity contribution in [3.05, 3.63) is 57.8 Å². The number of piperidine rings is 2. The number of amides is 3. The molecule has 6 rings (SSSR count). The average Bonchev–Trinajstić information content (AvgIpc) is 3.01. The summed E-state index contributed by atoms with van der Waals surface area (Å²) in [7, 11) is 0. The van der Waals surface area contributed by atoms with Gasteiger partial charge in [0.25, 0.3) is 5.91 Å². The number of carboxylic acid groups (broad SMARTS) is 1. The number of rotatable bonds is 10. The smallest absolute Gasteiger partial charge is 0.326 e. The van der Waals surface area contributed by atoms with Crippen LogP contribution in [0, 0.1) is 5.92 Å². The van der Waals surface area contributed by atoms with Gasteiger partial charge in [-0.1, -0.05) is 35.3 Å². The van der Waals surface area contributed by atoms with Crippen molar-refractivity contribution in [3.63, 3.8) is 0 Å². The quantitative estimate of drug-likeness (QED) is 0.314. The SMILES string of the molecule is O=C(Nc1ccc(CC(NC(=O)C2C3CCC(CC3)N2C(=O)CCN2CCNCC2)C(=O)O)cc1)c1c(Cl)cncc1Cl. The van der Waals surface area contributed by atoms with E-state index >= 15 is 0 Å². The van der Waals surface area contributed by atoms with Gasteiger partial charge in [0.15, 0.2) is 0 Å². The number of pyridine rings is 1. The first-order valence-electron chi connectivity index (χ1n) is 14.7. The van der Waals surface area contributed by atoms with E-state index in [4.69, 9.17) is 23.2 Å². The van der Waals surface area contributed by atoms with Crippen LogP contribution in [-0.4, -0.2) is 94.4 Å². The number of hydrogen-bond donors (Lipinski definition) is 4. The van der Waals surface area contributed by atoms with Crippen LogP contribution in [0.15, 0.2) is 36.7 Å². The number of anilines is 1. The summed E-state index contributed by atoms with van der Waals surface area (Å²) >= 11 is 12.1. The fourth-order valence-corrected chi connectivity index (χ4v) is 6.94. The van der Waals surface area contributed by atoms with E-state index in [2.05, 4.69) is 25.8 Å². The van der Waals surface area contributed by atoms with E-state index < -0.39 is 29.9 Å². The Labute approximate surface area is 260 Å². The molecule has 13 heteroatoms. The maximum atomic E-state index is 13.6. The third-order valence-corrected chi connectivity index (χ3v) is 9.21. The Balaban J connectivity index is 1.22. The summed E-state index contributed by atoms with van der Waals surface area (Å²) in [5.41, 5.74) is 1.21. The molecule has 1 aromatic carbocycles. The molecule has 230 valence electrons. The van der Waals surface area contributed by atoms with Crippen molar-refractivity contribution in [2.24, 2.45) is 5.92 Å². The van der Waals surface area contributed by atoms with Crippen molar-refractivity contribution in [2.75, 3.05) is 38.0 Å². The van der Waals surface area contributed by atoms with Crippen LogP contribution in [0.3, 0.4) is 0 Å². The summed E-state index contributed by atoms with van der Waals surface area (Å²) in [5, 5.41) is 19.0. The number of nitrogens with zero attached hydrogens (tertiary/aromatic N) is 3. The van der Waals surface area contributed by atoms with Gasteiger partial charge in [0.05, 0.1) is 15.6 Å². The number of aromatic nitrogens is 1. The van der Waals surface area contributed by atoms with E-state index in [0.29, 0.717) is 24.2 Å². The second-order valence-corrected chi connectivity index (χ2v) is 12.2. The third-order valence-electron chi connectivity index (χ3n) is 8.64. The maximum absolute atomic E-state index is 13.6. The first-order chi connectivity index (χ1) is 20.7. The minimum Gasteiger partial charge on any atom is -0.480 e. The normalized spacial score (nSPS) is 22.6. The number of piperazine rings is 1. The molecule has 1 aromatic heterocycles. The fourth-order valence-electron chi connectivity index (χ4n) is 6.41. The summed E-state index contributed by atoms with van der Waals surface area (Å²) in [5.74, 6) is -2.09. The predicted octanol–water partition coefficient (Wildman–Crippen LogP) is 2.82. The van der Waals surface area contributed by atoms with Crippen molar-refractivity contribution in [2.45, 2.75) is 56.7 Å². The van der Waals surface area contributed by atoms with Gasteiger partial charge < -0.3 is 30.9 Å². The Morgan fingerprint density at radius 3 is 2.28 bits per heavy atom. The zero-order valence-corrected chi connectivity index (χ0v) is 25.2. The van der Waals surface area contributed by atoms with Crippen molar-refractivity contribution in [1.82, 2.24) is 25.4 Å². The predicted molar refractivity (Wildman–Crippen MR) is 162 cm³/mol. The molecular weight excluding hydrogens is 595 g/mol. The molecule has 2 aromatic rings. The second-order valence-electron chi connectivity index (χ2n) is 11.4. The Hall–Kier alpha value is -3.25. The van der Waals surface area contributed by atoms with E-state index in [9.17, 15) is 24.3 Å². The molecule has 2 bridgehead atoms. The number of nitrogens with one attached hydrogen (secondary N) is 3. The zero-order chi connectivity index (χ0) is 30.5. The highest BCUT2D eigenvalue weighted by atomic mass is 35.5. The molecule has 11 nitrogen and oxygen atoms in total. The molecule has 43 heavy (non-hydrogen) atoms. The second kappa shape index (κ2) is 14.0. The molecule has 4 fully saturated rings. The Bertz CT molecular complexity index is 1320. The molecule has 2 atom stereocenters. The van der Waals surface area contributed by atoms with Gasteiger partial charge in [-0.3, -0.25) is 19.4 Å². The first kappa shape index (κ1) is 31.2. The number of carboxylic acids is 1. The van der Waals surface area contributed by atoms with Gasteiger partial charge in [-0.05, 0) is 49.3 Å². The number of benzene rings is 1. The maximum Gasteiger partial charge on any atom is 0.326 e. The van der Waals surface area contributed by atoms with Gasteiger partial charge in [-0.15, -0.1) is 0 Å². The van der Waals surface area contributed by atoms with Crippen molar-refractivity contribution in [3.8, 4) is 0 Å². The third kappa shape index (κ3) is 7.46. The minimum absolute atomic E-state index is 0.0132. The number of carbonyl (C=O) groups excluding carboxylic acids is 3. The van der Waals surface area contributed by atoms with Crippen molar-refractivity contribution < 1.29 is 24.3 Å². The van der Waals surface area contributed by atoms with Gasteiger partial charge in [-0.25, -0.2) is 4.79 Å². The van der Waals surface area contributed by atoms with E-state index in [1.807, 2.05) is 0 Å². The molecule has 3 aliphatic heterocycles. The van der Waals surface area contributed by atoms with Crippen LogP contribution < -0.4 is 16.0 Å². The molecule has 4 N–H and O–H groups in total. The van der Waals surface area contributed by atoms with Gasteiger partial charge in [0, 0.05) is 69.7 Å². The highest BCUT2D eigenvalue weighted by Gasteiger charge is 2.47. The van der Waals surface area contributed by atoms with Gasteiger partial charge >= 0.3 is 5.97 Å². The van der Waals surface area contributed by atoms with E-state index in [1.165, 1.54) is 12.4 Å². The first-order valence-corrected chi connectivity index (χ1v) is 15.4. The van der Waals surface area contributed by atoms with Crippen LogP contribution in [0.1, 0.15) is 48.0 Å². The largest absolute Gasteiger partial charge is 0.480 e. The van der Waals surface area contributed by atoms with Crippen LogP contribution in [0.2, 0.25) is 10.0 Å². The van der Waals surface area contributed by atoms with Gasteiger partial charge in [0.1, 0.15) is 12.1 Å². The van der Waals surface area contributed by atoms with Gasteiger partial charge in [-0.2, -0.15) is 0 Å². The standard InChI is InChI=1S/C30H36Cl2N6O5/c31-22-16-34-17-23(32)26(22)28(40)35-20-5-1-18(2-6-20)15-24(30(42)43)36-29(41)27-19-3-7-21(8-4-19)38(27)25(39)9-12-37-13-10-33-11-14-37/h1-2,5-6,16-17,19,21,24,27,33H,3-4,7-15H2,(H,35,40)(H,36,41)(H,42,43). The number of halogens is 2. The molecule has 0 radical (unpaired) electrons. The lowest BCUT2D eigenvalue weighted by atomic mass is 9.74. The van der Waals surface area contributed by atoms with Crippen LogP contribution in [0.25, 0.3) is 0 Å². The van der Waals surface area contributed by atoms with E-state index in [1.54, 1.807) is 29.2 Å². The summed E-state index contributed by atoms with van der Waals surface area (Å²) in [4.78, 5) is 59.8. The topological polar surface area (TPSA) is 144 Å². The fraction of sp³-hybridized carbons (Fsp3) is 0.500. The van der Waals surface area contributed by atoms with Crippen LogP contribution >= 0.6 is 23.2 Å². The lowest BCUT2D eigenvalue weighted by molar-refractivity contribution is -0.155. The summed E-state index contributed by atoms with van der Waals surface area (Å²) in [6, 6.07) is 4.81. The van der Waals surface area contributed by atoms with Crippen molar-refractivity contribution in [1.29, 1.82) is 0 Å². The summed E-state index contributed by atoms with van der Waals surface area (Å²) in [6.45, 7) is 4.24. The van der Waals surface area contributed by atoms with Crippen molar-refractivity contribution >= 4 is 52.6 Å².